The van der Waals surface area contributed by atoms with Crippen molar-refractivity contribution < 1.29 is 4.79 Å². The second-order valence-corrected chi connectivity index (χ2v) is 2.46. The first-order valence-electron chi connectivity index (χ1n) is 0.975. The molecular formula is CH4N2OSb. The molecule has 0 spiro atoms. The van der Waals surface area contributed by atoms with Crippen molar-refractivity contribution in [2.24, 2.45) is 9.63 Å². The molecule has 29 valence electrons. The van der Waals surface area contributed by atoms with Crippen molar-refractivity contribution in [3.63, 3.8) is 0 Å². The van der Waals surface area contributed by atoms with Gasteiger partial charge in [0.05, 0.1) is 0 Å². The Morgan fingerprint density at radius 3 is 2.00 bits per heavy atom. The molecule has 0 fully saturated rings. The van der Waals surface area contributed by atoms with Crippen LogP contribution in [0.2, 0.25) is 0 Å². The Bertz CT molecular complexity index is 44.9. The number of hydrogen-bond donors (Lipinski definition) is 2. The summed E-state index contributed by atoms with van der Waals surface area (Å²) in [5.74, 6) is 0. The summed E-state index contributed by atoms with van der Waals surface area (Å²) in [5.41, 5.74) is 4.59. The van der Waals surface area contributed by atoms with E-state index in [2.05, 4.69) is 5.73 Å². The standard InChI is InChI=1S/CH2NO.H2N.Sb/c2-1-3;;/h(H2,2,3);1H2;/q;-1;+1. The van der Waals surface area contributed by atoms with Crippen LogP contribution in [0.15, 0.2) is 0 Å². The molecule has 4 N–H and O–H groups in total. The minimum absolute atomic E-state index is 0.318. The second kappa shape index (κ2) is 2.48. The molecule has 0 aliphatic rings. The molecule has 0 aromatic carbocycles. The van der Waals surface area contributed by atoms with Crippen LogP contribution in [-0.4, -0.2) is 25.7 Å². The molecular weight excluding hydrogens is 178 g/mol. The van der Waals surface area contributed by atoms with Crippen LogP contribution in [0.3, 0.4) is 0 Å². The van der Waals surface area contributed by atoms with Crippen molar-refractivity contribution in [2.75, 3.05) is 0 Å². The van der Waals surface area contributed by atoms with Gasteiger partial charge < -0.3 is 0 Å². The van der Waals surface area contributed by atoms with Gasteiger partial charge in [-0.05, 0) is 0 Å². The first kappa shape index (κ1) is 5.25. The predicted octanol–water partition coefficient (Wildman–Crippen LogP) is -1.36. The molecule has 1 radical (unpaired) electrons. The molecule has 0 aromatic heterocycles. The van der Waals surface area contributed by atoms with Crippen molar-refractivity contribution in [1.29, 1.82) is 0 Å². The van der Waals surface area contributed by atoms with Crippen LogP contribution in [0, 0.1) is 0 Å². The number of carbonyl (C=O) groups is 1. The molecule has 4 heteroatoms. The van der Waals surface area contributed by atoms with Gasteiger partial charge in [-0.15, -0.1) is 0 Å². The molecule has 3 nitrogen and oxygen atoms in total. The molecule has 1 amide bonds. The van der Waals surface area contributed by atoms with Crippen molar-refractivity contribution in [2.45, 2.75) is 0 Å². The molecule has 0 saturated heterocycles. The van der Waals surface area contributed by atoms with Gasteiger partial charge in [0.2, 0.25) is 0 Å². The van der Waals surface area contributed by atoms with Gasteiger partial charge >= 0.3 is 40.2 Å². The number of hydrogen-bond acceptors (Lipinski definition) is 2. The topological polar surface area (TPSA) is 69.1 Å². The Morgan fingerprint density at radius 1 is 1.80 bits per heavy atom. The molecule has 0 aromatic rings. The van der Waals surface area contributed by atoms with Crippen LogP contribution in [0.5, 0.6) is 0 Å². The van der Waals surface area contributed by atoms with Crippen LogP contribution in [0.4, 0.5) is 4.79 Å². The molecule has 0 heterocycles. The van der Waals surface area contributed by atoms with Gasteiger partial charge in [-0.1, -0.05) is 0 Å². The predicted molar refractivity (Wildman–Crippen MR) is 19.5 cm³/mol. The number of rotatable bonds is 1. The Morgan fingerprint density at radius 2 is 2.00 bits per heavy atom. The average Bonchev–Trinajstić information content (AvgIpc) is 1.38. The number of carbonyl (C=O) groups excluding carboxylic acids is 1. The van der Waals surface area contributed by atoms with E-state index in [9.17, 15) is 4.79 Å². The molecule has 0 aliphatic carbocycles. The zero-order valence-electron chi connectivity index (χ0n) is 2.51. The van der Waals surface area contributed by atoms with Gasteiger partial charge in [0.25, 0.3) is 0 Å². The number of nitrogens with two attached hydrogens (primary N) is 2. The fraction of sp³-hybridized carbons (Fsp3) is 0. The van der Waals surface area contributed by atoms with Crippen molar-refractivity contribution in [3.05, 3.63) is 0 Å². The molecule has 0 unspecified atom stereocenters. The van der Waals surface area contributed by atoms with Crippen molar-refractivity contribution in [1.82, 2.24) is 0 Å². The van der Waals surface area contributed by atoms with Gasteiger partial charge in [-0.2, -0.15) is 0 Å². The molecule has 0 rings (SSSR count). The SMILES string of the molecule is [NH2][Sb][C](N)=O. The normalized spacial score (nSPS) is 7.40. The van der Waals surface area contributed by atoms with Crippen LogP contribution < -0.4 is 9.63 Å². The molecule has 0 saturated carbocycles. The average molecular weight is 182 g/mol. The van der Waals surface area contributed by atoms with E-state index in [-0.39, 0.29) is 3.85 Å². The molecule has 0 aliphatic heterocycles. The fourth-order valence-electron chi connectivity index (χ4n) is 0. The number of amides is 1. The van der Waals surface area contributed by atoms with Crippen LogP contribution in [0.1, 0.15) is 0 Å². The summed E-state index contributed by atoms with van der Waals surface area (Å²) in [6, 6.07) is 0. The zero-order valence-corrected chi connectivity index (χ0v) is 5.06. The quantitative estimate of drug-likeness (QED) is 0.491. The van der Waals surface area contributed by atoms with Crippen LogP contribution in [-0.2, 0) is 0 Å². The minimum atomic E-state index is -1.09. The first-order valence-corrected chi connectivity index (χ1v) is 3.72. The van der Waals surface area contributed by atoms with E-state index in [0.29, 0.717) is 0 Å². The third kappa shape index (κ3) is 4.25. The molecule has 5 heavy (non-hydrogen) atoms. The van der Waals surface area contributed by atoms with Gasteiger partial charge in [0.1, 0.15) is 0 Å². The summed E-state index contributed by atoms with van der Waals surface area (Å²) in [6.07, 6.45) is 0. The van der Waals surface area contributed by atoms with Crippen LogP contribution in [0.25, 0.3) is 0 Å². The summed E-state index contributed by atoms with van der Waals surface area (Å²) < 4.78 is 4.53. The van der Waals surface area contributed by atoms with Gasteiger partial charge in [0, 0.05) is 0 Å². The monoisotopic (exact) mass is 181 g/mol. The Kier molecular flexibility index (Phi) is 2.61. The third-order valence-corrected chi connectivity index (χ3v) is 0.854. The number of primary amides is 1. The van der Waals surface area contributed by atoms with Crippen molar-refractivity contribution in [3.8, 4) is 0 Å². The maximum absolute atomic E-state index is 9.53. The molecule has 0 atom stereocenters. The first-order chi connectivity index (χ1) is 2.27. The summed E-state index contributed by atoms with van der Waals surface area (Å²) in [5, 5.41) is 0. The Hall–Kier alpha value is 0.248. The van der Waals surface area contributed by atoms with Gasteiger partial charge in [-0.3, -0.25) is 0 Å². The molecule has 0 bridgehead atoms. The van der Waals surface area contributed by atoms with E-state index in [4.69, 9.17) is 3.89 Å². The Labute approximate surface area is 40.6 Å². The van der Waals surface area contributed by atoms with E-state index in [1.807, 2.05) is 0 Å². The van der Waals surface area contributed by atoms with E-state index in [0.717, 1.165) is 0 Å². The van der Waals surface area contributed by atoms with E-state index < -0.39 is 21.9 Å². The van der Waals surface area contributed by atoms with Crippen LogP contribution >= 0.6 is 0 Å². The van der Waals surface area contributed by atoms with E-state index >= 15 is 0 Å². The summed E-state index contributed by atoms with van der Waals surface area (Å²) in [4.78, 5) is 9.53. The third-order valence-electron chi connectivity index (χ3n) is 0.127. The summed E-state index contributed by atoms with van der Waals surface area (Å²) in [6.45, 7) is 0. The Balaban J connectivity index is 2.85. The second-order valence-electron chi connectivity index (χ2n) is 0.467. The maximum atomic E-state index is 9.53. The summed E-state index contributed by atoms with van der Waals surface area (Å²) >= 11 is -1.09. The van der Waals surface area contributed by atoms with Crippen molar-refractivity contribution >= 4 is 25.7 Å². The zero-order chi connectivity index (χ0) is 4.28. The van der Waals surface area contributed by atoms with E-state index in [1.165, 1.54) is 0 Å². The fourth-order valence-corrected chi connectivity index (χ4v) is 0. The van der Waals surface area contributed by atoms with Gasteiger partial charge in [0.15, 0.2) is 0 Å². The summed E-state index contributed by atoms with van der Waals surface area (Å²) in [7, 11) is 0. The van der Waals surface area contributed by atoms with E-state index in [1.54, 1.807) is 0 Å². The van der Waals surface area contributed by atoms with Gasteiger partial charge in [-0.25, -0.2) is 0 Å².